The number of morpholine rings is 1. The van der Waals surface area contributed by atoms with Crippen LogP contribution in [0.5, 0.6) is 0 Å². The van der Waals surface area contributed by atoms with E-state index in [1.807, 2.05) is 24.3 Å². The van der Waals surface area contributed by atoms with E-state index < -0.39 is 12.1 Å². The number of rotatable bonds is 4. The number of nitrogens with zero attached hydrogens (tertiary/aromatic N) is 1. The Labute approximate surface area is 123 Å². The Morgan fingerprint density at radius 1 is 1.38 bits per heavy atom. The smallest absolute Gasteiger partial charge is 0.336 e. The second kappa shape index (κ2) is 7.08. The van der Waals surface area contributed by atoms with E-state index in [1.54, 1.807) is 4.90 Å². The van der Waals surface area contributed by atoms with Crippen molar-refractivity contribution in [2.45, 2.75) is 18.9 Å². The molecule has 1 heterocycles. The van der Waals surface area contributed by atoms with Crippen molar-refractivity contribution >= 4 is 17.6 Å². The van der Waals surface area contributed by atoms with E-state index in [2.05, 4.69) is 4.74 Å². The van der Waals surface area contributed by atoms with Gasteiger partial charge in [-0.25, -0.2) is 4.79 Å². The molecule has 1 atom stereocenters. The number of esters is 1. The second-order valence-electron chi connectivity index (χ2n) is 4.96. The molecule has 0 bridgehead atoms. The van der Waals surface area contributed by atoms with Crippen LogP contribution >= 0.6 is 0 Å². The van der Waals surface area contributed by atoms with E-state index in [0.717, 1.165) is 5.56 Å². The fourth-order valence-electron chi connectivity index (χ4n) is 2.24. The van der Waals surface area contributed by atoms with E-state index >= 15 is 0 Å². The first kappa shape index (κ1) is 15.3. The lowest BCUT2D eigenvalue weighted by Crippen LogP contribution is -2.48. The van der Waals surface area contributed by atoms with Gasteiger partial charge >= 0.3 is 5.97 Å². The number of hydrogen-bond donors (Lipinski definition) is 1. The van der Waals surface area contributed by atoms with E-state index in [9.17, 15) is 9.59 Å². The summed E-state index contributed by atoms with van der Waals surface area (Å²) in [5.74, 6) is -0.421. The monoisotopic (exact) mass is 292 g/mol. The highest BCUT2D eigenvalue weighted by molar-refractivity contribution is 5.79. The minimum Gasteiger partial charge on any atom is -0.467 e. The van der Waals surface area contributed by atoms with Gasteiger partial charge in [0.25, 0.3) is 0 Å². The molecule has 2 N–H and O–H groups in total. The molecule has 0 spiro atoms. The highest BCUT2D eigenvalue weighted by Gasteiger charge is 2.29. The lowest BCUT2D eigenvalue weighted by atomic mass is 10.1. The van der Waals surface area contributed by atoms with Gasteiger partial charge in [-0.2, -0.15) is 0 Å². The van der Waals surface area contributed by atoms with Crippen molar-refractivity contribution in [3.63, 3.8) is 0 Å². The first-order valence-corrected chi connectivity index (χ1v) is 6.92. The molecule has 0 saturated carbocycles. The van der Waals surface area contributed by atoms with Crippen molar-refractivity contribution < 1.29 is 19.1 Å². The lowest BCUT2D eigenvalue weighted by Gasteiger charge is -2.31. The van der Waals surface area contributed by atoms with Crippen LogP contribution in [0.1, 0.15) is 12.0 Å². The summed E-state index contributed by atoms with van der Waals surface area (Å²) in [6.45, 7) is 1.12. The Bertz CT molecular complexity index is 501. The molecule has 114 valence electrons. The van der Waals surface area contributed by atoms with Gasteiger partial charge in [0.15, 0.2) is 6.10 Å². The quantitative estimate of drug-likeness (QED) is 0.649. The molecule has 6 nitrogen and oxygen atoms in total. The van der Waals surface area contributed by atoms with Gasteiger partial charge in [-0.3, -0.25) is 4.79 Å². The molecule has 21 heavy (non-hydrogen) atoms. The summed E-state index contributed by atoms with van der Waals surface area (Å²) in [7, 11) is 1.31. The van der Waals surface area contributed by atoms with Crippen molar-refractivity contribution in [3.8, 4) is 0 Å². The summed E-state index contributed by atoms with van der Waals surface area (Å²) >= 11 is 0. The second-order valence-corrected chi connectivity index (χ2v) is 4.96. The predicted octanol–water partition coefficient (Wildman–Crippen LogP) is 0.602. The zero-order valence-corrected chi connectivity index (χ0v) is 12.1. The van der Waals surface area contributed by atoms with Crippen LogP contribution in [0.4, 0.5) is 5.69 Å². The van der Waals surface area contributed by atoms with Crippen LogP contribution in [0.15, 0.2) is 24.3 Å². The Morgan fingerprint density at radius 3 is 2.76 bits per heavy atom. The van der Waals surface area contributed by atoms with Crippen LogP contribution in [0.2, 0.25) is 0 Å². The minimum atomic E-state index is -0.677. The lowest BCUT2D eigenvalue weighted by molar-refractivity contribution is -0.162. The van der Waals surface area contributed by atoms with Crippen molar-refractivity contribution in [2.75, 3.05) is 32.5 Å². The van der Waals surface area contributed by atoms with Crippen molar-refractivity contribution in [1.82, 2.24) is 4.90 Å². The Morgan fingerprint density at radius 2 is 2.10 bits per heavy atom. The van der Waals surface area contributed by atoms with Crippen LogP contribution in [0.25, 0.3) is 0 Å². The molecule has 1 saturated heterocycles. The molecule has 1 fully saturated rings. The third-order valence-electron chi connectivity index (χ3n) is 3.49. The largest absolute Gasteiger partial charge is 0.467 e. The number of ether oxygens (including phenoxy) is 2. The maximum atomic E-state index is 12.2. The van der Waals surface area contributed by atoms with Crippen molar-refractivity contribution in [2.24, 2.45) is 0 Å². The molecular formula is C15H20N2O4. The van der Waals surface area contributed by atoms with E-state index in [1.165, 1.54) is 7.11 Å². The standard InChI is InChI=1S/C15H20N2O4/c1-20-15(19)13-10-17(8-9-21-13)14(18)7-4-11-2-5-12(16)6-3-11/h2-3,5-6,13H,4,7-10,16H2,1H3. The van der Waals surface area contributed by atoms with Crippen LogP contribution in [-0.2, 0) is 25.5 Å². The fraction of sp³-hybridized carbons (Fsp3) is 0.467. The number of amides is 1. The average molecular weight is 292 g/mol. The summed E-state index contributed by atoms with van der Waals surface area (Å²) in [5.41, 5.74) is 7.40. The van der Waals surface area contributed by atoms with Crippen molar-refractivity contribution in [1.29, 1.82) is 0 Å². The summed E-state index contributed by atoms with van der Waals surface area (Å²) in [6, 6.07) is 7.47. The predicted molar refractivity (Wildman–Crippen MR) is 77.5 cm³/mol. The topological polar surface area (TPSA) is 81.9 Å². The van der Waals surface area contributed by atoms with E-state index in [4.69, 9.17) is 10.5 Å². The number of nitrogen functional groups attached to an aromatic ring is 1. The van der Waals surface area contributed by atoms with E-state index in [-0.39, 0.29) is 12.5 Å². The van der Waals surface area contributed by atoms with Gasteiger partial charge in [0.2, 0.25) is 5.91 Å². The third kappa shape index (κ3) is 4.19. The molecule has 1 aromatic carbocycles. The zero-order valence-electron chi connectivity index (χ0n) is 12.1. The van der Waals surface area contributed by atoms with Gasteiger partial charge in [0.05, 0.1) is 20.3 Å². The molecule has 0 radical (unpaired) electrons. The number of carbonyl (C=O) groups is 2. The number of aryl methyl sites for hydroxylation is 1. The van der Waals surface area contributed by atoms with Gasteiger partial charge in [-0.05, 0) is 24.1 Å². The molecule has 1 aliphatic rings. The first-order chi connectivity index (χ1) is 10.1. The van der Waals surface area contributed by atoms with Crippen LogP contribution in [0, 0.1) is 0 Å². The minimum absolute atomic E-state index is 0.0176. The highest BCUT2D eigenvalue weighted by Crippen LogP contribution is 2.12. The summed E-state index contributed by atoms with van der Waals surface area (Å²) in [6.07, 6.45) is 0.376. The van der Waals surface area contributed by atoms with Gasteiger partial charge in [-0.15, -0.1) is 0 Å². The summed E-state index contributed by atoms with van der Waals surface area (Å²) in [4.78, 5) is 25.3. The SMILES string of the molecule is COC(=O)C1CN(C(=O)CCc2ccc(N)cc2)CCO1. The number of carbonyl (C=O) groups excluding carboxylic acids is 2. The van der Waals surface area contributed by atoms with Gasteiger partial charge in [-0.1, -0.05) is 12.1 Å². The Kier molecular flexibility index (Phi) is 5.16. The molecule has 2 rings (SSSR count). The van der Waals surface area contributed by atoms with Crippen LogP contribution < -0.4 is 5.73 Å². The number of anilines is 1. The normalized spacial score (nSPS) is 18.3. The molecule has 1 aliphatic heterocycles. The summed E-state index contributed by atoms with van der Waals surface area (Å²) < 4.78 is 9.95. The maximum Gasteiger partial charge on any atom is 0.336 e. The molecule has 6 heteroatoms. The summed E-state index contributed by atoms with van der Waals surface area (Å²) in [5, 5.41) is 0. The maximum absolute atomic E-state index is 12.2. The molecule has 1 aromatic rings. The number of benzene rings is 1. The zero-order chi connectivity index (χ0) is 15.2. The first-order valence-electron chi connectivity index (χ1n) is 6.92. The fourth-order valence-corrected chi connectivity index (χ4v) is 2.24. The number of nitrogens with two attached hydrogens (primary N) is 1. The van der Waals surface area contributed by atoms with Gasteiger partial charge in [0.1, 0.15) is 0 Å². The van der Waals surface area contributed by atoms with E-state index in [0.29, 0.717) is 31.7 Å². The average Bonchev–Trinajstić information content (AvgIpc) is 2.53. The molecule has 0 aromatic heterocycles. The van der Waals surface area contributed by atoms with Crippen molar-refractivity contribution in [3.05, 3.63) is 29.8 Å². The van der Waals surface area contributed by atoms with Crippen LogP contribution in [0.3, 0.4) is 0 Å². The Balaban J connectivity index is 1.85. The number of hydrogen-bond acceptors (Lipinski definition) is 5. The third-order valence-corrected chi connectivity index (χ3v) is 3.49. The molecule has 1 amide bonds. The molecular weight excluding hydrogens is 272 g/mol. The van der Waals surface area contributed by atoms with Crippen LogP contribution in [-0.4, -0.2) is 49.7 Å². The number of methoxy groups -OCH3 is 1. The Hall–Kier alpha value is -2.08. The molecule has 0 aliphatic carbocycles. The van der Waals surface area contributed by atoms with Gasteiger partial charge < -0.3 is 20.1 Å². The van der Waals surface area contributed by atoms with Gasteiger partial charge in [0, 0.05) is 18.7 Å². The highest BCUT2D eigenvalue weighted by atomic mass is 16.6. The molecule has 1 unspecified atom stereocenters.